The van der Waals surface area contributed by atoms with Gasteiger partial charge in [-0.15, -0.1) is 8.15 Å². The molecule has 3 heteroatoms. The molecular weight excluding hydrogens is 349 g/mol. The van der Waals surface area contributed by atoms with Gasteiger partial charge in [-0.25, -0.2) is 0 Å². The Balaban J connectivity index is 1.69. The summed E-state index contributed by atoms with van der Waals surface area (Å²) in [5.74, 6) is 0. The minimum absolute atomic E-state index is 0.834. The molecule has 27 heavy (non-hydrogen) atoms. The molecule has 0 amide bonds. The molecule has 0 saturated heterocycles. The van der Waals surface area contributed by atoms with Crippen molar-refractivity contribution >= 4 is 35.8 Å². The Morgan fingerprint density at radius 1 is 0.444 bits per heavy atom. The Labute approximate surface area is 161 Å². The van der Waals surface area contributed by atoms with E-state index in [1.807, 2.05) is 91.0 Å². The van der Waals surface area contributed by atoms with Crippen LogP contribution in [0.1, 0.15) is 0 Å². The van der Waals surface area contributed by atoms with E-state index in [2.05, 4.69) is 29.2 Å². The first-order valence-corrected chi connectivity index (χ1v) is 10.1. The van der Waals surface area contributed by atoms with Crippen LogP contribution in [0.4, 0.5) is 17.1 Å². The summed E-state index contributed by atoms with van der Waals surface area (Å²) in [5.41, 5.74) is 3.21. The van der Waals surface area contributed by atoms with E-state index in [0.717, 1.165) is 27.7 Å². The maximum absolute atomic E-state index is 12.8. The molecule has 0 N–H and O–H groups in total. The number of nitrogens with zero attached hydrogens (tertiary/aromatic N) is 1. The molecule has 1 unspecified atom stereocenters. The molecule has 0 radical (unpaired) electrons. The fourth-order valence-corrected chi connectivity index (χ4v) is 4.21. The van der Waals surface area contributed by atoms with E-state index in [-0.39, 0.29) is 0 Å². The summed E-state index contributed by atoms with van der Waals surface area (Å²) in [6.07, 6.45) is 0. The lowest BCUT2D eigenvalue weighted by atomic mass is 10.2. The van der Waals surface area contributed by atoms with Gasteiger partial charge in [-0.2, -0.15) is 0 Å². The van der Waals surface area contributed by atoms with Crippen molar-refractivity contribution in [3.05, 3.63) is 115 Å². The number of para-hydroxylation sites is 2. The summed E-state index contributed by atoms with van der Waals surface area (Å²) in [6, 6.07) is 38.1. The van der Waals surface area contributed by atoms with Crippen LogP contribution in [0.2, 0.25) is 0 Å². The smallest absolute Gasteiger partial charge is 0.0462 e. The van der Waals surface area contributed by atoms with Crippen LogP contribution in [0.5, 0.6) is 0 Å². The molecule has 0 heterocycles. The molecule has 0 aliphatic carbocycles. The van der Waals surface area contributed by atoms with Crippen LogP contribution in [0.25, 0.3) is 0 Å². The SMILES string of the molecule is [O-]P(c1ccccc1)c1ccc(N(c2ccccc2)c2ccccc2)cc1. The Morgan fingerprint density at radius 2 is 0.815 bits per heavy atom. The van der Waals surface area contributed by atoms with Crippen LogP contribution in [-0.4, -0.2) is 0 Å². The molecule has 4 rings (SSSR count). The van der Waals surface area contributed by atoms with Crippen LogP contribution < -0.4 is 20.4 Å². The van der Waals surface area contributed by atoms with E-state index < -0.39 is 8.15 Å². The highest BCUT2D eigenvalue weighted by Gasteiger charge is 2.12. The molecule has 0 aliphatic heterocycles. The number of hydrogen-bond acceptors (Lipinski definition) is 2. The highest BCUT2D eigenvalue weighted by Crippen LogP contribution is 2.34. The van der Waals surface area contributed by atoms with Crippen molar-refractivity contribution in [3.63, 3.8) is 0 Å². The third kappa shape index (κ3) is 3.93. The van der Waals surface area contributed by atoms with Gasteiger partial charge in [0.2, 0.25) is 0 Å². The summed E-state index contributed by atoms with van der Waals surface area (Å²) >= 11 is 0. The first-order chi connectivity index (χ1) is 13.3. The number of rotatable bonds is 5. The molecule has 4 aromatic carbocycles. The second kappa shape index (κ2) is 8.18. The Kier molecular flexibility index (Phi) is 5.29. The van der Waals surface area contributed by atoms with E-state index in [0.29, 0.717) is 0 Å². The fourth-order valence-electron chi connectivity index (χ4n) is 3.05. The van der Waals surface area contributed by atoms with Gasteiger partial charge in [0, 0.05) is 17.1 Å². The van der Waals surface area contributed by atoms with E-state index >= 15 is 0 Å². The van der Waals surface area contributed by atoms with Crippen LogP contribution in [0, 0.1) is 0 Å². The van der Waals surface area contributed by atoms with Crippen LogP contribution in [0.15, 0.2) is 115 Å². The normalized spacial score (nSPS) is 11.7. The maximum Gasteiger partial charge on any atom is 0.0462 e. The molecule has 0 aromatic heterocycles. The van der Waals surface area contributed by atoms with E-state index in [4.69, 9.17) is 0 Å². The van der Waals surface area contributed by atoms with E-state index in [1.165, 1.54) is 0 Å². The van der Waals surface area contributed by atoms with Gasteiger partial charge in [-0.1, -0.05) is 78.9 Å². The minimum atomic E-state index is -1.58. The van der Waals surface area contributed by atoms with Crippen molar-refractivity contribution in [2.45, 2.75) is 0 Å². The highest BCUT2D eigenvalue weighted by atomic mass is 31.1. The second-order valence-corrected chi connectivity index (χ2v) is 7.77. The molecule has 1 atom stereocenters. The zero-order valence-corrected chi connectivity index (χ0v) is 15.7. The van der Waals surface area contributed by atoms with Gasteiger partial charge in [0.15, 0.2) is 0 Å². The molecule has 0 bridgehead atoms. The van der Waals surface area contributed by atoms with E-state index in [1.54, 1.807) is 0 Å². The number of anilines is 3. The standard InChI is InChI=1S/C24H19NOP/c26-27(23-14-8-3-9-15-23)24-18-16-22(17-19-24)25(20-10-4-1-5-11-20)21-12-6-2-7-13-21/h1-19H/q-1. The molecule has 0 spiro atoms. The highest BCUT2D eigenvalue weighted by molar-refractivity contribution is 7.66. The lowest BCUT2D eigenvalue weighted by Crippen LogP contribution is -2.20. The lowest BCUT2D eigenvalue weighted by Gasteiger charge is -2.28. The summed E-state index contributed by atoms with van der Waals surface area (Å²) in [7, 11) is -1.58. The zero-order chi connectivity index (χ0) is 18.5. The van der Waals surface area contributed by atoms with Gasteiger partial charge in [0.1, 0.15) is 0 Å². The molecule has 0 fully saturated rings. The van der Waals surface area contributed by atoms with E-state index in [9.17, 15) is 4.89 Å². The van der Waals surface area contributed by atoms with Crippen molar-refractivity contribution in [1.82, 2.24) is 0 Å². The van der Waals surface area contributed by atoms with Crippen LogP contribution >= 0.6 is 8.15 Å². The average Bonchev–Trinajstić information content (AvgIpc) is 2.76. The van der Waals surface area contributed by atoms with Gasteiger partial charge >= 0.3 is 0 Å². The molecule has 2 nitrogen and oxygen atoms in total. The van der Waals surface area contributed by atoms with Gasteiger partial charge in [-0.05, 0) is 47.0 Å². The van der Waals surface area contributed by atoms with Crippen molar-refractivity contribution in [2.75, 3.05) is 4.90 Å². The summed E-state index contributed by atoms with van der Waals surface area (Å²) in [4.78, 5) is 15.0. The average molecular weight is 368 g/mol. The van der Waals surface area contributed by atoms with Crippen molar-refractivity contribution < 1.29 is 4.89 Å². The van der Waals surface area contributed by atoms with Gasteiger partial charge in [-0.3, -0.25) is 0 Å². The maximum atomic E-state index is 12.8. The lowest BCUT2D eigenvalue weighted by molar-refractivity contribution is -0.153. The third-order valence-electron chi connectivity index (χ3n) is 4.36. The predicted octanol–water partition coefficient (Wildman–Crippen LogP) is 4.86. The Bertz CT molecular complexity index is 934. The van der Waals surface area contributed by atoms with Gasteiger partial charge < -0.3 is 9.79 Å². The second-order valence-electron chi connectivity index (χ2n) is 6.15. The molecular formula is C24H19NOP-. The third-order valence-corrected chi connectivity index (χ3v) is 5.90. The van der Waals surface area contributed by atoms with Gasteiger partial charge in [0.05, 0.1) is 0 Å². The summed E-state index contributed by atoms with van der Waals surface area (Å²) < 4.78 is 0. The monoisotopic (exact) mass is 368 g/mol. The summed E-state index contributed by atoms with van der Waals surface area (Å²) in [5, 5.41) is 1.68. The summed E-state index contributed by atoms with van der Waals surface area (Å²) in [6.45, 7) is 0. The zero-order valence-electron chi connectivity index (χ0n) is 14.8. The topological polar surface area (TPSA) is 26.3 Å². The molecule has 0 saturated carbocycles. The van der Waals surface area contributed by atoms with Crippen LogP contribution in [-0.2, 0) is 0 Å². The van der Waals surface area contributed by atoms with Crippen molar-refractivity contribution in [1.29, 1.82) is 0 Å². The van der Waals surface area contributed by atoms with Crippen molar-refractivity contribution in [3.8, 4) is 0 Å². The van der Waals surface area contributed by atoms with Crippen LogP contribution in [0.3, 0.4) is 0 Å². The largest absolute Gasteiger partial charge is 0.822 e. The molecule has 132 valence electrons. The Morgan fingerprint density at radius 3 is 1.30 bits per heavy atom. The molecule has 0 aliphatic rings. The fraction of sp³-hybridized carbons (Fsp3) is 0. The minimum Gasteiger partial charge on any atom is -0.822 e. The first-order valence-electron chi connectivity index (χ1n) is 8.85. The number of benzene rings is 4. The van der Waals surface area contributed by atoms with Crippen molar-refractivity contribution in [2.24, 2.45) is 0 Å². The number of hydrogen-bond donors (Lipinski definition) is 0. The predicted molar refractivity (Wildman–Crippen MR) is 114 cm³/mol. The Hall–Kier alpha value is -2.93. The van der Waals surface area contributed by atoms with Gasteiger partial charge in [0.25, 0.3) is 0 Å². The first kappa shape index (κ1) is 17.5. The molecule has 4 aromatic rings. The quantitative estimate of drug-likeness (QED) is 0.470.